The van der Waals surface area contributed by atoms with Crippen molar-refractivity contribution < 1.29 is 0 Å². The molecule has 8 heteroatoms. The molecule has 0 radical (unpaired) electrons. The third kappa shape index (κ3) is 6.03. The Morgan fingerprint density at radius 2 is 1.50 bits per heavy atom. The molecule has 0 bridgehead atoms. The molecule has 108 valence electrons. The van der Waals surface area contributed by atoms with Crippen molar-refractivity contribution in [1.82, 2.24) is 32.0 Å². The van der Waals surface area contributed by atoms with Gasteiger partial charge in [-0.25, -0.2) is 11.3 Å². The van der Waals surface area contributed by atoms with Crippen molar-refractivity contribution in [3.8, 4) is 0 Å². The van der Waals surface area contributed by atoms with Crippen molar-refractivity contribution in [3.05, 3.63) is 0 Å². The van der Waals surface area contributed by atoms with Gasteiger partial charge in [-0.15, -0.1) is 10.7 Å². The molecule has 1 rings (SSSR count). The van der Waals surface area contributed by atoms with Gasteiger partial charge in [0.05, 0.1) is 0 Å². The monoisotopic (exact) mass is 260 g/mol. The molecule has 0 spiro atoms. The van der Waals surface area contributed by atoms with Crippen LogP contribution in [0.1, 0.15) is 44.9 Å². The molecule has 0 saturated heterocycles. The largest absolute Gasteiger partial charge is 0.254 e. The standard InChI is InChI=1S/C10H28N8/c1-13-18(12)15-17(14-16(2)11)10-8-6-4-3-5-7-9-10/h10,13-15H,3-9,11-12H2,1-2H3. The summed E-state index contributed by atoms with van der Waals surface area (Å²) in [5.74, 6) is 11.3. The smallest absolute Gasteiger partial charge is 0.0428 e. The minimum atomic E-state index is 0.371. The van der Waals surface area contributed by atoms with E-state index in [1.54, 1.807) is 14.1 Å². The fourth-order valence-corrected chi connectivity index (χ4v) is 2.21. The van der Waals surface area contributed by atoms with Gasteiger partial charge in [0.1, 0.15) is 0 Å². The van der Waals surface area contributed by atoms with Crippen LogP contribution in [0.3, 0.4) is 0 Å². The van der Waals surface area contributed by atoms with Gasteiger partial charge in [0, 0.05) is 20.1 Å². The van der Waals surface area contributed by atoms with E-state index in [-0.39, 0.29) is 0 Å². The van der Waals surface area contributed by atoms with Gasteiger partial charge in [-0.05, 0) is 12.8 Å². The van der Waals surface area contributed by atoms with Crippen LogP contribution in [-0.4, -0.2) is 35.6 Å². The zero-order valence-electron chi connectivity index (χ0n) is 11.5. The molecule has 0 aliphatic heterocycles. The average molecular weight is 260 g/mol. The van der Waals surface area contributed by atoms with Gasteiger partial charge >= 0.3 is 0 Å². The van der Waals surface area contributed by atoms with Crippen LogP contribution in [0.4, 0.5) is 0 Å². The van der Waals surface area contributed by atoms with E-state index in [0.717, 1.165) is 12.8 Å². The van der Waals surface area contributed by atoms with E-state index < -0.39 is 0 Å². The lowest BCUT2D eigenvalue weighted by atomic mass is 9.97. The van der Waals surface area contributed by atoms with Gasteiger partial charge in [0.25, 0.3) is 0 Å². The van der Waals surface area contributed by atoms with E-state index in [1.807, 2.05) is 5.12 Å². The summed E-state index contributed by atoms with van der Waals surface area (Å²) < 4.78 is 0. The van der Waals surface area contributed by atoms with Crippen LogP contribution >= 0.6 is 0 Å². The molecule has 0 aromatic rings. The number of nitrogens with one attached hydrogen (secondary N) is 3. The number of hydrogen-bond donors (Lipinski definition) is 5. The molecule has 1 fully saturated rings. The van der Waals surface area contributed by atoms with E-state index in [9.17, 15) is 0 Å². The summed E-state index contributed by atoms with van der Waals surface area (Å²) in [7, 11) is 3.49. The van der Waals surface area contributed by atoms with Gasteiger partial charge in [-0.2, -0.15) is 10.7 Å². The van der Waals surface area contributed by atoms with E-state index in [4.69, 9.17) is 11.7 Å². The number of hydrazine groups is 7. The zero-order chi connectivity index (χ0) is 13.4. The molecule has 0 aromatic carbocycles. The Hall–Kier alpha value is -0.320. The number of nitrogens with two attached hydrogens (primary N) is 2. The highest BCUT2D eigenvalue weighted by molar-refractivity contribution is 4.68. The first kappa shape index (κ1) is 15.7. The maximum Gasteiger partial charge on any atom is 0.0428 e. The first-order valence-corrected chi connectivity index (χ1v) is 6.66. The van der Waals surface area contributed by atoms with Crippen molar-refractivity contribution in [2.75, 3.05) is 14.1 Å². The van der Waals surface area contributed by atoms with Crippen LogP contribution in [0, 0.1) is 0 Å². The highest BCUT2D eigenvalue weighted by Gasteiger charge is 2.21. The summed E-state index contributed by atoms with van der Waals surface area (Å²) in [5.41, 5.74) is 8.85. The Morgan fingerprint density at radius 1 is 0.944 bits per heavy atom. The fraction of sp³-hybridized carbons (Fsp3) is 1.00. The predicted molar refractivity (Wildman–Crippen MR) is 71.3 cm³/mol. The maximum atomic E-state index is 5.70. The number of rotatable bonds is 6. The Bertz CT molecular complexity index is 204. The number of nitrogens with zero attached hydrogens (tertiary/aromatic N) is 3. The SMILES string of the molecule is CNN(N)NN(NN(C)N)C1CCCCCCC1. The summed E-state index contributed by atoms with van der Waals surface area (Å²) >= 11 is 0. The minimum Gasteiger partial charge on any atom is -0.254 e. The highest BCUT2D eigenvalue weighted by atomic mass is 16.1. The molecule has 18 heavy (non-hydrogen) atoms. The van der Waals surface area contributed by atoms with Crippen LogP contribution in [0.15, 0.2) is 0 Å². The van der Waals surface area contributed by atoms with Gasteiger partial charge in [0.2, 0.25) is 0 Å². The molecule has 0 aromatic heterocycles. The molecule has 0 heterocycles. The minimum absolute atomic E-state index is 0.371. The zero-order valence-corrected chi connectivity index (χ0v) is 11.5. The summed E-state index contributed by atoms with van der Waals surface area (Å²) in [6, 6.07) is 0.371. The van der Waals surface area contributed by atoms with Crippen molar-refractivity contribution in [2.45, 2.75) is 51.0 Å². The Balaban J connectivity index is 2.54. The number of hydrogen-bond acceptors (Lipinski definition) is 8. The molecule has 8 nitrogen and oxygen atoms in total. The second kappa shape index (κ2) is 8.73. The molecule has 7 N–H and O–H groups in total. The summed E-state index contributed by atoms with van der Waals surface area (Å²) in [6.07, 6.45) is 8.70. The van der Waals surface area contributed by atoms with Crippen molar-refractivity contribution >= 4 is 0 Å². The van der Waals surface area contributed by atoms with Crippen LogP contribution in [0.25, 0.3) is 0 Å². The summed E-state index contributed by atoms with van der Waals surface area (Å²) in [5, 5.41) is 4.58. The van der Waals surface area contributed by atoms with Crippen LogP contribution in [0.5, 0.6) is 0 Å². The van der Waals surface area contributed by atoms with Gasteiger partial charge in [-0.1, -0.05) is 37.3 Å². The Kier molecular flexibility index (Phi) is 7.63. The third-order valence-corrected chi connectivity index (χ3v) is 3.16. The van der Waals surface area contributed by atoms with E-state index >= 15 is 0 Å². The third-order valence-electron chi connectivity index (χ3n) is 3.16. The molecule has 1 aliphatic carbocycles. The maximum absolute atomic E-state index is 5.70. The summed E-state index contributed by atoms with van der Waals surface area (Å²) in [6.45, 7) is 0. The molecular formula is C10H28N8. The molecule has 1 saturated carbocycles. The summed E-state index contributed by atoms with van der Waals surface area (Å²) in [4.78, 5) is 0. The van der Waals surface area contributed by atoms with Gasteiger partial charge < -0.3 is 0 Å². The van der Waals surface area contributed by atoms with E-state index in [2.05, 4.69) is 16.5 Å². The lowest BCUT2D eigenvalue weighted by Crippen LogP contribution is -2.68. The van der Waals surface area contributed by atoms with Crippen molar-refractivity contribution in [1.29, 1.82) is 0 Å². The van der Waals surface area contributed by atoms with Crippen LogP contribution in [0.2, 0.25) is 0 Å². The lowest BCUT2D eigenvalue weighted by Gasteiger charge is -2.36. The molecule has 0 amide bonds. The first-order chi connectivity index (χ1) is 8.63. The molecular weight excluding hydrogens is 232 g/mol. The second-order valence-electron chi connectivity index (χ2n) is 4.77. The quantitative estimate of drug-likeness (QED) is 0.318. The van der Waals surface area contributed by atoms with Crippen LogP contribution in [-0.2, 0) is 0 Å². The topological polar surface area (TPSA) is 97.8 Å². The molecule has 0 atom stereocenters. The predicted octanol–water partition coefficient (Wildman–Crippen LogP) is -0.644. The highest BCUT2D eigenvalue weighted by Crippen LogP contribution is 2.19. The average Bonchev–Trinajstić information content (AvgIpc) is 2.27. The second-order valence-corrected chi connectivity index (χ2v) is 4.77. The first-order valence-electron chi connectivity index (χ1n) is 6.66. The normalized spacial score (nSPS) is 19.5. The van der Waals surface area contributed by atoms with Gasteiger partial charge in [0.15, 0.2) is 0 Å². The van der Waals surface area contributed by atoms with Crippen molar-refractivity contribution in [3.63, 3.8) is 0 Å². The van der Waals surface area contributed by atoms with E-state index in [0.29, 0.717) is 6.04 Å². The van der Waals surface area contributed by atoms with Crippen LogP contribution < -0.4 is 28.2 Å². The Labute approximate surface area is 109 Å². The van der Waals surface area contributed by atoms with Gasteiger partial charge in [-0.3, -0.25) is 5.84 Å². The fourth-order valence-electron chi connectivity index (χ4n) is 2.21. The Morgan fingerprint density at radius 3 is 2.00 bits per heavy atom. The lowest BCUT2D eigenvalue weighted by molar-refractivity contribution is -0.121. The van der Waals surface area contributed by atoms with Crippen molar-refractivity contribution in [2.24, 2.45) is 11.7 Å². The molecule has 0 unspecified atom stereocenters. The van der Waals surface area contributed by atoms with E-state index in [1.165, 1.54) is 42.4 Å². The molecule has 1 aliphatic rings.